The molecule has 27 heavy (non-hydrogen) atoms. The molecule has 0 bridgehead atoms. The summed E-state index contributed by atoms with van der Waals surface area (Å²) in [5.74, 6) is 1.01. The van der Waals surface area contributed by atoms with Crippen LogP contribution in [0.2, 0.25) is 0 Å². The van der Waals surface area contributed by atoms with Crippen LogP contribution < -0.4 is 10.1 Å². The number of carbonyl (C=O) groups excluding carboxylic acids is 1. The summed E-state index contributed by atoms with van der Waals surface area (Å²) in [4.78, 5) is 13.0. The molecule has 2 aliphatic rings. The predicted octanol–water partition coefficient (Wildman–Crippen LogP) is 5.27. The highest BCUT2D eigenvalue weighted by Gasteiger charge is 2.40. The van der Waals surface area contributed by atoms with Gasteiger partial charge in [-0.15, -0.1) is 0 Å². The molecular formula is C24H21NO2. The molecule has 0 radical (unpaired) electrons. The van der Waals surface area contributed by atoms with E-state index in [1.807, 2.05) is 12.1 Å². The molecule has 1 aliphatic heterocycles. The lowest BCUT2D eigenvalue weighted by Gasteiger charge is -2.38. The van der Waals surface area contributed by atoms with Crippen molar-refractivity contribution in [3.63, 3.8) is 0 Å². The summed E-state index contributed by atoms with van der Waals surface area (Å²) in [5.41, 5.74) is 4.53. The minimum absolute atomic E-state index is 0.0114. The minimum atomic E-state index is -0.148. The summed E-state index contributed by atoms with van der Waals surface area (Å²) in [6.45, 7) is 0. The van der Waals surface area contributed by atoms with Crippen molar-refractivity contribution in [1.29, 1.82) is 0 Å². The molecular weight excluding hydrogens is 334 g/mol. The molecule has 0 spiro atoms. The Bertz CT molecular complexity index is 1070. The molecule has 0 aromatic heterocycles. The van der Waals surface area contributed by atoms with E-state index in [1.54, 1.807) is 7.11 Å². The Balaban J connectivity index is 1.79. The van der Waals surface area contributed by atoms with Gasteiger partial charge in [-0.05, 0) is 46.5 Å². The van der Waals surface area contributed by atoms with Gasteiger partial charge in [0.25, 0.3) is 0 Å². The van der Waals surface area contributed by atoms with Crippen molar-refractivity contribution in [3.8, 4) is 5.75 Å². The number of hydrogen-bond acceptors (Lipinski definition) is 3. The Morgan fingerprint density at radius 3 is 2.59 bits per heavy atom. The summed E-state index contributed by atoms with van der Waals surface area (Å²) in [7, 11) is 1.67. The molecule has 0 saturated heterocycles. The molecule has 0 fully saturated rings. The maximum Gasteiger partial charge on any atom is 0.143 e. The first kappa shape index (κ1) is 16.1. The van der Waals surface area contributed by atoms with Gasteiger partial charge in [0.2, 0.25) is 0 Å². The smallest absolute Gasteiger partial charge is 0.143 e. The van der Waals surface area contributed by atoms with Crippen LogP contribution >= 0.6 is 0 Å². The highest BCUT2D eigenvalue weighted by atomic mass is 16.5. The van der Waals surface area contributed by atoms with Crippen molar-refractivity contribution in [3.05, 3.63) is 83.6 Å². The molecule has 5 rings (SSSR count). The molecule has 0 amide bonds. The van der Waals surface area contributed by atoms with Gasteiger partial charge < -0.3 is 10.1 Å². The van der Waals surface area contributed by atoms with Crippen LogP contribution in [-0.4, -0.2) is 12.9 Å². The number of carbonyl (C=O) groups is 1. The highest BCUT2D eigenvalue weighted by molar-refractivity contribution is 5.96. The van der Waals surface area contributed by atoms with Crippen molar-refractivity contribution in [2.24, 2.45) is 5.92 Å². The van der Waals surface area contributed by atoms with Crippen molar-refractivity contribution in [1.82, 2.24) is 0 Å². The SMILES string of the molecule is COc1ccc([C@H]2c3c(ccc4ccccc34)NC3=CCCC(=O)[C@@H]32)cc1. The Kier molecular flexibility index (Phi) is 3.75. The molecule has 134 valence electrons. The summed E-state index contributed by atoms with van der Waals surface area (Å²) in [5, 5.41) is 5.97. The minimum Gasteiger partial charge on any atom is -0.497 e. The van der Waals surface area contributed by atoms with Gasteiger partial charge in [-0.25, -0.2) is 0 Å². The van der Waals surface area contributed by atoms with E-state index in [-0.39, 0.29) is 11.8 Å². The zero-order valence-electron chi connectivity index (χ0n) is 15.2. The number of hydrogen-bond donors (Lipinski definition) is 1. The molecule has 1 aliphatic carbocycles. The molecule has 3 aromatic rings. The van der Waals surface area contributed by atoms with Gasteiger partial charge in [0.05, 0.1) is 13.0 Å². The Labute approximate surface area is 158 Å². The maximum absolute atomic E-state index is 13.0. The number of anilines is 1. The van der Waals surface area contributed by atoms with Gasteiger partial charge in [-0.2, -0.15) is 0 Å². The fourth-order valence-corrected chi connectivity index (χ4v) is 4.55. The molecule has 0 unspecified atom stereocenters. The molecule has 2 atom stereocenters. The van der Waals surface area contributed by atoms with Crippen LogP contribution in [0.3, 0.4) is 0 Å². The van der Waals surface area contributed by atoms with E-state index in [4.69, 9.17) is 4.74 Å². The van der Waals surface area contributed by atoms with Crippen LogP contribution in [0.15, 0.2) is 72.4 Å². The quantitative estimate of drug-likeness (QED) is 0.681. The van der Waals surface area contributed by atoms with Gasteiger partial charge >= 0.3 is 0 Å². The van der Waals surface area contributed by atoms with Crippen LogP contribution in [0.4, 0.5) is 5.69 Å². The molecule has 3 nitrogen and oxygen atoms in total. The average molecular weight is 355 g/mol. The standard InChI is InChI=1S/C24H21NO2/c1-27-17-12-9-16(10-13-17)22-23-18-6-3-2-5-15(18)11-14-20(23)25-19-7-4-8-21(26)24(19)22/h2-3,5-7,9-14,22,24-25H,4,8H2,1H3/t22-,24+/m0/s1. The Morgan fingerprint density at radius 1 is 0.963 bits per heavy atom. The van der Waals surface area contributed by atoms with E-state index in [0.717, 1.165) is 29.1 Å². The third-order valence-electron chi connectivity index (χ3n) is 5.81. The number of rotatable bonds is 2. The van der Waals surface area contributed by atoms with Gasteiger partial charge in [-0.1, -0.05) is 48.5 Å². The Morgan fingerprint density at radius 2 is 1.78 bits per heavy atom. The fraction of sp³-hybridized carbons (Fsp3) is 0.208. The molecule has 1 heterocycles. The lowest BCUT2D eigenvalue weighted by atomic mass is 9.70. The first-order chi connectivity index (χ1) is 13.3. The molecule has 3 heteroatoms. The van der Waals surface area contributed by atoms with E-state index >= 15 is 0 Å². The predicted molar refractivity (Wildman–Crippen MR) is 108 cm³/mol. The summed E-state index contributed by atoms with van der Waals surface area (Å²) in [6, 6.07) is 20.9. The number of fused-ring (bicyclic) bond motifs is 4. The van der Waals surface area contributed by atoms with Crippen molar-refractivity contribution < 1.29 is 9.53 Å². The lowest BCUT2D eigenvalue weighted by Crippen LogP contribution is -2.34. The number of ether oxygens (including phenoxy) is 1. The molecule has 3 aromatic carbocycles. The second-order valence-corrected chi connectivity index (χ2v) is 7.27. The number of Topliss-reactive ketones (excluding diaryl/α,β-unsaturated/α-hetero) is 1. The van der Waals surface area contributed by atoms with Gasteiger partial charge in [0.1, 0.15) is 11.5 Å². The first-order valence-electron chi connectivity index (χ1n) is 9.41. The van der Waals surface area contributed by atoms with Gasteiger partial charge in [0.15, 0.2) is 0 Å². The normalized spacial score (nSPS) is 21.1. The number of methoxy groups -OCH3 is 1. The number of nitrogens with one attached hydrogen (secondary N) is 1. The maximum atomic E-state index is 13.0. The number of allylic oxidation sites excluding steroid dienone is 2. The largest absolute Gasteiger partial charge is 0.497 e. The van der Waals surface area contributed by atoms with Crippen molar-refractivity contribution in [2.75, 3.05) is 12.4 Å². The van der Waals surface area contributed by atoms with E-state index in [2.05, 4.69) is 59.9 Å². The topological polar surface area (TPSA) is 38.3 Å². The van der Waals surface area contributed by atoms with E-state index < -0.39 is 0 Å². The number of ketones is 1. The third-order valence-corrected chi connectivity index (χ3v) is 5.81. The Hall–Kier alpha value is -3.07. The summed E-state index contributed by atoms with van der Waals surface area (Å²) in [6.07, 6.45) is 3.62. The molecule has 1 N–H and O–H groups in total. The van der Waals surface area contributed by atoms with Gasteiger partial charge in [-0.3, -0.25) is 4.79 Å². The van der Waals surface area contributed by atoms with Crippen molar-refractivity contribution in [2.45, 2.75) is 18.8 Å². The third kappa shape index (κ3) is 2.54. The van der Waals surface area contributed by atoms with Crippen LogP contribution in [0.25, 0.3) is 10.8 Å². The van der Waals surface area contributed by atoms with E-state index in [9.17, 15) is 4.79 Å². The second-order valence-electron chi connectivity index (χ2n) is 7.27. The van der Waals surface area contributed by atoms with Crippen LogP contribution in [0.1, 0.15) is 29.9 Å². The lowest BCUT2D eigenvalue weighted by molar-refractivity contribution is -0.122. The van der Waals surface area contributed by atoms with Crippen molar-refractivity contribution >= 4 is 22.2 Å². The number of benzene rings is 3. The summed E-state index contributed by atoms with van der Waals surface area (Å²) < 4.78 is 5.33. The molecule has 0 saturated carbocycles. The van der Waals surface area contributed by atoms with Gasteiger partial charge in [0, 0.05) is 23.7 Å². The average Bonchev–Trinajstić information content (AvgIpc) is 2.72. The highest BCUT2D eigenvalue weighted by Crippen LogP contribution is 2.49. The second kappa shape index (κ2) is 6.27. The van der Waals surface area contributed by atoms with E-state index in [1.165, 1.54) is 16.3 Å². The zero-order valence-corrected chi connectivity index (χ0v) is 15.2. The zero-order chi connectivity index (χ0) is 18.4. The van der Waals surface area contributed by atoms with Crippen LogP contribution in [0, 0.1) is 5.92 Å². The monoisotopic (exact) mass is 355 g/mol. The van der Waals surface area contributed by atoms with Crippen LogP contribution in [-0.2, 0) is 4.79 Å². The first-order valence-corrected chi connectivity index (χ1v) is 9.41. The van der Waals surface area contributed by atoms with Crippen LogP contribution in [0.5, 0.6) is 5.75 Å². The summed E-state index contributed by atoms with van der Waals surface area (Å²) >= 11 is 0. The van der Waals surface area contributed by atoms with E-state index in [0.29, 0.717) is 12.2 Å². The fourth-order valence-electron chi connectivity index (χ4n) is 4.55.